The van der Waals surface area contributed by atoms with Gasteiger partial charge in [0.1, 0.15) is 10.8 Å². The molecule has 0 aromatic carbocycles. The number of nitrogens with one attached hydrogen (secondary N) is 1. The minimum absolute atomic E-state index is 0.120. The van der Waals surface area contributed by atoms with Gasteiger partial charge >= 0.3 is 0 Å². The summed E-state index contributed by atoms with van der Waals surface area (Å²) in [6, 6.07) is 0.205. The van der Waals surface area contributed by atoms with Gasteiger partial charge in [-0.05, 0) is 18.8 Å². The van der Waals surface area contributed by atoms with Crippen LogP contribution in [0.25, 0.3) is 0 Å². The molecule has 2 fully saturated rings. The first-order chi connectivity index (χ1) is 9.63. The summed E-state index contributed by atoms with van der Waals surface area (Å²) in [6.07, 6.45) is 4.96. The molecule has 0 bridgehead atoms. The Bertz CT molecular complexity index is 534. The molecule has 2 amide bonds. The maximum atomic E-state index is 12.3. The summed E-state index contributed by atoms with van der Waals surface area (Å²) in [6.45, 7) is 1.29. The number of carbonyl (C=O) groups is 2. The van der Waals surface area contributed by atoms with E-state index in [1.807, 2.05) is 0 Å². The second-order valence-corrected chi connectivity index (χ2v) is 5.62. The zero-order valence-corrected chi connectivity index (χ0v) is 11.6. The molecule has 3 heterocycles. The molecule has 7 heteroatoms. The highest BCUT2D eigenvalue weighted by Crippen LogP contribution is 2.26. The number of aromatic nitrogens is 2. The van der Waals surface area contributed by atoms with Crippen molar-refractivity contribution in [3.05, 3.63) is 23.2 Å². The van der Waals surface area contributed by atoms with Crippen molar-refractivity contribution in [2.75, 3.05) is 13.1 Å². The van der Waals surface area contributed by atoms with Crippen LogP contribution in [0.3, 0.4) is 0 Å². The maximum absolute atomic E-state index is 12.3. The van der Waals surface area contributed by atoms with Crippen molar-refractivity contribution in [3.8, 4) is 0 Å². The topological polar surface area (TPSA) is 75.2 Å². The standard InChI is InChI=1S/C13H15ClN4O2/c14-11-6-15-10(5-16-11)13(20)18-4-3-9-8(7-18)1-2-12(19)17-9/h5-6,8-9H,1-4,7H2,(H,17,19). The number of fused-ring (bicyclic) bond motifs is 1. The van der Waals surface area contributed by atoms with Gasteiger partial charge in [0.15, 0.2) is 0 Å². The number of piperidine rings is 2. The average molecular weight is 295 g/mol. The van der Waals surface area contributed by atoms with Gasteiger partial charge in [0.25, 0.3) is 5.91 Å². The normalized spacial score (nSPS) is 25.9. The number of amides is 2. The van der Waals surface area contributed by atoms with Gasteiger partial charge in [-0.3, -0.25) is 9.59 Å². The van der Waals surface area contributed by atoms with Crippen molar-refractivity contribution in [1.82, 2.24) is 20.2 Å². The molecule has 2 aliphatic heterocycles. The van der Waals surface area contributed by atoms with Gasteiger partial charge in [-0.15, -0.1) is 0 Å². The van der Waals surface area contributed by atoms with Crippen LogP contribution < -0.4 is 5.32 Å². The molecule has 0 radical (unpaired) electrons. The van der Waals surface area contributed by atoms with Crippen LogP contribution in [0.5, 0.6) is 0 Å². The Morgan fingerprint density at radius 2 is 2.20 bits per heavy atom. The molecule has 1 aromatic rings. The van der Waals surface area contributed by atoms with Gasteiger partial charge in [-0.1, -0.05) is 11.6 Å². The highest BCUT2D eigenvalue weighted by Gasteiger charge is 2.35. The predicted octanol–water partition coefficient (Wildman–Crippen LogP) is 0.871. The van der Waals surface area contributed by atoms with Gasteiger partial charge in [0, 0.05) is 25.6 Å². The number of likely N-dealkylation sites (tertiary alicyclic amines) is 1. The molecule has 0 spiro atoms. The second-order valence-electron chi connectivity index (χ2n) is 5.24. The molecule has 20 heavy (non-hydrogen) atoms. The largest absolute Gasteiger partial charge is 0.353 e. The molecule has 2 atom stereocenters. The van der Waals surface area contributed by atoms with E-state index in [0.717, 1.165) is 12.8 Å². The fourth-order valence-corrected chi connectivity index (χ4v) is 2.98. The number of hydrogen-bond donors (Lipinski definition) is 1. The fraction of sp³-hybridized carbons (Fsp3) is 0.538. The Morgan fingerprint density at radius 3 is 2.95 bits per heavy atom. The van der Waals surface area contributed by atoms with Crippen LogP contribution in [-0.2, 0) is 4.79 Å². The van der Waals surface area contributed by atoms with E-state index < -0.39 is 0 Å². The summed E-state index contributed by atoms with van der Waals surface area (Å²) in [5.74, 6) is 0.338. The highest BCUT2D eigenvalue weighted by molar-refractivity contribution is 6.29. The first kappa shape index (κ1) is 13.3. The Hall–Kier alpha value is -1.69. The van der Waals surface area contributed by atoms with Crippen LogP contribution in [0, 0.1) is 5.92 Å². The second kappa shape index (κ2) is 5.36. The summed E-state index contributed by atoms with van der Waals surface area (Å²) in [5.41, 5.74) is 0.313. The molecule has 0 saturated carbocycles. The predicted molar refractivity (Wildman–Crippen MR) is 72.2 cm³/mol. The number of nitrogens with zero attached hydrogens (tertiary/aromatic N) is 3. The van der Waals surface area contributed by atoms with Crippen LogP contribution >= 0.6 is 11.6 Å². The third kappa shape index (κ3) is 2.60. The van der Waals surface area contributed by atoms with E-state index in [2.05, 4.69) is 15.3 Å². The Kier molecular flexibility index (Phi) is 3.56. The fourth-order valence-electron chi connectivity index (χ4n) is 2.88. The molecule has 6 nitrogen and oxygen atoms in total. The Balaban J connectivity index is 1.68. The lowest BCUT2D eigenvalue weighted by Gasteiger charge is -2.41. The summed E-state index contributed by atoms with van der Waals surface area (Å²) in [7, 11) is 0. The first-order valence-corrected chi connectivity index (χ1v) is 7.07. The smallest absolute Gasteiger partial charge is 0.274 e. The van der Waals surface area contributed by atoms with Gasteiger partial charge in [0.05, 0.1) is 12.4 Å². The van der Waals surface area contributed by atoms with Gasteiger partial charge in [0.2, 0.25) is 5.91 Å². The van der Waals surface area contributed by atoms with E-state index in [-0.39, 0.29) is 23.0 Å². The number of carbonyl (C=O) groups excluding carboxylic acids is 2. The summed E-state index contributed by atoms with van der Waals surface area (Å²) in [4.78, 5) is 33.4. The van der Waals surface area contributed by atoms with Crippen LogP contribution in [0.1, 0.15) is 29.8 Å². The van der Waals surface area contributed by atoms with Crippen molar-refractivity contribution in [3.63, 3.8) is 0 Å². The van der Waals surface area contributed by atoms with E-state index in [0.29, 0.717) is 31.1 Å². The van der Waals surface area contributed by atoms with Crippen molar-refractivity contribution in [2.45, 2.75) is 25.3 Å². The molecule has 2 unspecified atom stereocenters. The van der Waals surface area contributed by atoms with E-state index in [4.69, 9.17) is 11.6 Å². The van der Waals surface area contributed by atoms with E-state index in [1.54, 1.807) is 4.90 Å². The molecule has 1 N–H and O–H groups in total. The van der Waals surface area contributed by atoms with Crippen LogP contribution in [-0.4, -0.2) is 45.8 Å². The summed E-state index contributed by atoms with van der Waals surface area (Å²) >= 11 is 5.67. The van der Waals surface area contributed by atoms with Crippen LogP contribution in [0.2, 0.25) is 5.15 Å². The summed E-state index contributed by atoms with van der Waals surface area (Å²) in [5, 5.41) is 3.28. The molecule has 3 rings (SSSR count). The van der Waals surface area contributed by atoms with Crippen molar-refractivity contribution < 1.29 is 9.59 Å². The number of hydrogen-bond acceptors (Lipinski definition) is 4. The van der Waals surface area contributed by atoms with Crippen molar-refractivity contribution in [1.29, 1.82) is 0 Å². The quantitative estimate of drug-likeness (QED) is 0.834. The zero-order chi connectivity index (χ0) is 14.1. The molecule has 0 aliphatic carbocycles. The van der Waals surface area contributed by atoms with Crippen molar-refractivity contribution in [2.24, 2.45) is 5.92 Å². The Morgan fingerprint density at radius 1 is 1.35 bits per heavy atom. The SMILES string of the molecule is O=C1CCC2CN(C(=O)c3cnc(Cl)cn3)CCC2N1. The monoisotopic (exact) mass is 294 g/mol. The average Bonchev–Trinajstić information content (AvgIpc) is 2.47. The highest BCUT2D eigenvalue weighted by atomic mass is 35.5. The molecule has 106 valence electrons. The summed E-state index contributed by atoms with van der Waals surface area (Å²) < 4.78 is 0. The third-order valence-corrected chi connectivity index (χ3v) is 4.14. The maximum Gasteiger partial charge on any atom is 0.274 e. The first-order valence-electron chi connectivity index (χ1n) is 6.69. The van der Waals surface area contributed by atoms with Crippen molar-refractivity contribution >= 4 is 23.4 Å². The lowest BCUT2D eigenvalue weighted by atomic mass is 9.85. The minimum atomic E-state index is -0.121. The van der Waals surface area contributed by atoms with E-state index in [9.17, 15) is 9.59 Å². The lowest BCUT2D eigenvalue weighted by molar-refractivity contribution is -0.125. The number of halogens is 1. The molecular formula is C13H15ClN4O2. The molecule has 1 aromatic heterocycles. The minimum Gasteiger partial charge on any atom is -0.353 e. The third-order valence-electron chi connectivity index (χ3n) is 3.95. The number of rotatable bonds is 1. The van der Waals surface area contributed by atoms with E-state index in [1.165, 1.54) is 12.4 Å². The van der Waals surface area contributed by atoms with Gasteiger partial charge < -0.3 is 10.2 Å². The lowest BCUT2D eigenvalue weighted by Crippen LogP contribution is -2.55. The van der Waals surface area contributed by atoms with Crippen LogP contribution in [0.4, 0.5) is 0 Å². The van der Waals surface area contributed by atoms with E-state index >= 15 is 0 Å². The molecular weight excluding hydrogens is 280 g/mol. The Labute approximate surface area is 121 Å². The zero-order valence-electron chi connectivity index (χ0n) is 10.9. The van der Waals surface area contributed by atoms with Gasteiger partial charge in [-0.2, -0.15) is 0 Å². The van der Waals surface area contributed by atoms with Gasteiger partial charge in [-0.25, -0.2) is 9.97 Å². The molecule has 2 saturated heterocycles. The van der Waals surface area contributed by atoms with Crippen LogP contribution in [0.15, 0.2) is 12.4 Å². The molecule has 2 aliphatic rings.